The monoisotopic (exact) mass is 295 g/mol. The predicted octanol–water partition coefficient (Wildman–Crippen LogP) is 1.18. The SMILES string of the molecule is CC(NC(C)C(=O)NC(C)(C)C)C(=O)NCc1ccco1. The van der Waals surface area contributed by atoms with Crippen molar-refractivity contribution in [1.82, 2.24) is 16.0 Å². The Morgan fingerprint density at radius 1 is 1.19 bits per heavy atom. The van der Waals surface area contributed by atoms with Crippen LogP contribution in [0.25, 0.3) is 0 Å². The van der Waals surface area contributed by atoms with E-state index in [9.17, 15) is 9.59 Å². The Morgan fingerprint density at radius 2 is 1.81 bits per heavy atom. The molecule has 6 nitrogen and oxygen atoms in total. The van der Waals surface area contributed by atoms with Gasteiger partial charge in [0.05, 0.1) is 24.9 Å². The van der Waals surface area contributed by atoms with Crippen molar-refractivity contribution in [3.63, 3.8) is 0 Å². The Balaban J connectivity index is 2.38. The molecule has 0 saturated carbocycles. The summed E-state index contributed by atoms with van der Waals surface area (Å²) in [6, 6.07) is 2.63. The maximum atomic E-state index is 11.9. The number of nitrogens with one attached hydrogen (secondary N) is 3. The van der Waals surface area contributed by atoms with Crippen LogP contribution in [-0.4, -0.2) is 29.4 Å². The third-order valence-corrected chi connectivity index (χ3v) is 2.80. The van der Waals surface area contributed by atoms with Gasteiger partial charge in [0, 0.05) is 5.54 Å². The molecule has 3 N–H and O–H groups in total. The zero-order valence-corrected chi connectivity index (χ0v) is 13.3. The number of hydrogen-bond acceptors (Lipinski definition) is 4. The van der Waals surface area contributed by atoms with Crippen LogP contribution >= 0.6 is 0 Å². The van der Waals surface area contributed by atoms with Crippen LogP contribution < -0.4 is 16.0 Å². The van der Waals surface area contributed by atoms with Crippen LogP contribution in [0.3, 0.4) is 0 Å². The van der Waals surface area contributed by atoms with Gasteiger partial charge in [0.1, 0.15) is 5.76 Å². The lowest BCUT2D eigenvalue weighted by Gasteiger charge is -2.25. The first-order valence-corrected chi connectivity index (χ1v) is 7.07. The van der Waals surface area contributed by atoms with Crippen molar-refractivity contribution in [3.05, 3.63) is 24.2 Å². The number of furan rings is 1. The van der Waals surface area contributed by atoms with E-state index in [-0.39, 0.29) is 17.4 Å². The lowest BCUT2D eigenvalue weighted by Crippen LogP contribution is -2.54. The number of amides is 2. The van der Waals surface area contributed by atoms with E-state index in [0.29, 0.717) is 12.3 Å². The average molecular weight is 295 g/mol. The first kappa shape index (κ1) is 17.2. The number of hydrogen-bond donors (Lipinski definition) is 3. The van der Waals surface area contributed by atoms with E-state index >= 15 is 0 Å². The second-order valence-electron chi connectivity index (χ2n) is 6.15. The third-order valence-electron chi connectivity index (χ3n) is 2.80. The maximum absolute atomic E-state index is 11.9. The summed E-state index contributed by atoms with van der Waals surface area (Å²) in [4.78, 5) is 23.9. The fourth-order valence-electron chi connectivity index (χ4n) is 1.74. The quantitative estimate of drug-likeness (QED) is 0.736. The summed E-state index contributed by atoms with van der Waals surface area (Å²) >= 11 is 0. The summed E-state index contributed by atoms with van der Waals surface area (Å²) < 4.78 is 5.14. The van der Waals surface area contributed by atoms with Crippen LogP contribution in [0.1, 0.15) is 40.4 Å². The summed E-state index contributed by atoms with van der Waals surface area (Å²) in [5.41, 5.74) is -0.294. The Hall–Kier alpha value is -1.82. The van der Waals surface area contributed by atoms with Crippen LogP contribution in [0.2, 0.25) is 0 Å². The van der Waals surface area contributed by atoms with Gasteiger partial charge in [-0.05, 0) is 46.8 Å². The van der Waals surface area contributed by atoms with Crippen molar-refractivity contribution >= 4 is 11.8 Å². The van der Waals surface area contributed by atoms with Crippen molar-refractivity contribution in [3.8, 4) is 0 Å². The molecule has 0 aliphatic rings. The van der Waals surface area contributed by atoms with E-state index in [4.69, 9.17) is 4.42 Å². The summed E-state index contributed by atoms with van der Waals surface area (Å²) in [5.74, 6) is 0.379. The summed E-state index contributed by atoms with van der Waals surface area (Å²) in [6.45, 7) is 9.53. The molecule has 0 aliphatic heterocycles. The van der Waals surface area contributed by atoms with Crippen LogP contribution in [0, 0.1) is 0 Å². The Kier molecular flexibility index (Phi) is 5.96. The molecule has 1 aromatic rings. The Bertz CT molecular complexity index is 463. The van der Waals surface area contributed by atoms with Gasteiger partial charge in [0.2, 0.25) is 11.8 Å². The molecule has 0 spiro atoms. The highest BCUT2D eigenvalue weighted by Gasteiger charge is 2.22. The van der Waals surface area contributed by atoms with Crippen molar-refractivity contribution in [2.75, 3.05) is 0 Å². The van der Waals surface area contributed by atoms with Gasteiger partial charge in [-0.1, -0.05) is 0 Å². The standard InChI is InChI=1S/C15H25N3O3/c1-10(13(19)16-9-12-7-6-8-21-12)17-11(2)14(20)18-15(3,4)5/h6-8,10-11,17H,9H2,1-5H3,(H,16,19)(H,18,20). The van der Waals surface area contributed by atoms with Gasteiger partial charge in [-0.25, -0.2) is 0 Å². The third kappa shape index (κ3) is 6.44. The van der Waals surface area contributed by atoms with Crippen molar-refractivity contribution in [1.29, 1.82) is 0 Å². The lowest BCUT2D eigenvalue weighted by atomic mass is 10.1. The van der Waals surface area contributed by atoms with E-state index in [2.05, 4.69) is 16.0 Å². The van der Waals surface area contributed by atoms with E-state index < -0.39 is 12.1 Å². The zero-order valence-electron chi connectivity index (χ0n) is 13.3. The van der Waals surface area contributed by atoms with Gasteiger partial charge in [-0.15, -0.1) is 0 Å². The molecule has 1 rings (SSSR count). The fraction of sp³-hybridized carbons (Fsp3) is 0.600. The summed E-state index contributed by atoms with van der Waals surface area (Å²) in [7, 11) is 0. The Morgan fingerprint density at radius 3 is 2.33 bits per heavy atom. The molecule has 1 aromatic heterocycles. The number of carbonyl (C=O) groups excluding carboxylic acids is 2. The minimum atomic E-state index is -0.472. The fourth-order valence-corrected chi connectivity index (χ4v) is 1.74. The molecule has 21 heavy (non-hydrogen) atoms. The molecule has 0 aliphatic carbocycles. The first-order valence-electron chi connectivity index (χ1n) is 7.07. The van der Waals surface area contributed by atoms with Crippen LogP contribution in [0.5, 0.6) is 0 Å². The van der Waals surface area contributed by atoms with Crippen LogP contribution in [0.4, 0.5) is 0 Å². The Labute approximate surface area is 125 Å². The van der Waals surface area contributed by atoms with E-state index in [0.717, 1.165) is 0 Å². The van der Waals surface area contributed by atoms with E-state index in [1.165, 1.54) is 0 Å². The van der Waals surface area contributed by atoms with Gasteiger partial charge in [0.15, 0.2) is 0 Å². The predicted molar refractivity (Wildman–Crippen MR) is 80.5 cm³/mol. The van der Waals surface area contributed by atoms with Gasteiger partial charge in [0.25, 0.3) is 0 Å². The highest BCUT2D eigenvalue weighted by atomic mass is 16.3. The molecular formula is C15H25N3O3. The van der Waals surface area contributed by atoms with Crippen LogP contribution in [0.15, 0.2) is 22.8 Å². The minimum Gasteiger partial charge on any atom is -0.467 e. The molecule has 118 valence electrons. The van der Waals surface area contributed by atoms with Gasteiger partial charge in [-0.2, -0.15) is 0 Å². The van der Waals surface area contributed by atoms with Crippen LogP contribution in [-0.2, 0) is 16.1 Å². The second-order valence-corrected chi connectivity index (χ2v) is 6.15. The second kappa shape index (κ2) is 7.26. The lowest BCUT2D eigenvalue weighted by molar-refractivity contribution is -0.126. The van der Waals surface area contributed by atoms with Gasteiger partial charge < -0.3 is 15.1 Å². The minimum absolute atomic E-state index is 0.131. The van der Waals surface area contributed by atoms with Crippen molar-refractivity contribution in [2.45, 2.75) is 58.8 Å². The van der Waals surface area contributed by atoms with E-state index in [1.807, 2.05) is 20.8 Å². The maximum Gasteiger partial charge on any atom is 0.237 e. The normalized spacial score (nSPS) is 14.3. The summed E-state index contributed by atoms with van der Waals surface area (Å²) in [5, 5.41) is 8.60. The highest BCUT2D eigenvalue weighted by molar-refractivity contribution is 5.85. The molecule has 2 amide bonds. The topological polar surface area (TPSA) is 83.4 Å². The van der Waals surface area contributed by atoms with Gasteiger partial charge in [-0.3, -0.25) is 14.9 Å². The molecule has 6 heteroatoms. The molecule has 0 radical (unpaired) electrons. The number of rotatable bonds is 6. The molecular weight excluding hydrogens is 270 g/mol. The largest absolute Gasteiger partial charge is 0.467 e. The van der Waals surface area contributed by atoms with Crippen molar-refractivity contribution < 1.29 is 14.0 Å². The molecule has 0 saturated heterocycles. The van der Waals surface area contributed by atoms with Gasteiger partial charge >= 0.3 is 0 Å². The summed E-state index contributed by atoms with van der Waals surface area (Å²) in [6.07, 6.45) is 1.56. The highest BCUT2D eigenvalue weighted by Crippen LogP contribution is 2.01. The number of carbonyl (C=O) groups is 2. The average Bonchev–Trinajstić information content (AvgIpc) is 2.86. The van der Waals surface area contributed by atoms with E-state index in [1.54, 1.807) is 32.2 Å². The molecule has 0 aromatic carbocycles. The molecule has 1 heterocycles. The smallest absolute Gasteiger partial charge is 0.237 e. The zero-order chi connectivity index (χ0) is 16.0. The first-order chi connectivity index (χ1) is 9.69. The molecule has 2 unspecified atom stereocenters. The van der Waals surface area contributed by atoms with Crippen molar-refractivity contribution in [2.24, 2.45) is 0 Å². The molecule has 0 fully saturated rings. The molecule has 2 atom stereocenters. The molecule has 0 bridgehead atoms.